The highest BCUT2D eigenvalue weighted by Gasteiger charge is 2.12. The van der Waals surface area contributed by atoms with Crippen molar-refractivity contribution in [1.29, 1.82) is 0 Å². The zero-order valence-electron chi connectivity index (χ0n) is 10.6. The fourth-order valence-electron chi connectivity index (χ4n) is 1.52. The molecule has 8 heteroatoms. The van der Waals surface area contributed by atoms with Crippen LogP contribution in [-0.4, -0.2) is 22.9 Å². The number of carbonyl (C=O) groups excluding carboxylic acids is 1. The molecular weight excluding hydrogens is 263 g/mol. The van der Waals surface area contributed by atoms with E-state index >= 15 is 0 Å². The first kappa shape index (κ1) is 13.5. The monoisotopic (exact) mass is 276 g/mol. The van der Waals surface area contributed by atoms with Gasteiger partial charge in [0.25, 0.3) is 5.91 Å². The minimum absolute atomic E-state index is 0.0820. The molecule has 5 N–H and O–H groups in total. The van der Waals surface area contributed by atoms with E-state index in [4.69, 9.17) is 5.73 Å². The second-order valence-electron chi connectivity index (χ2n) is 3.79. The molecule has 0 saturated heterocycles. The average Bonchev–Trinajstić information content (AvgIpc) is 2.46. The molecule has 1 amide bonds. The van der Waals surface area contributed by atoms with Crippen LogP contribution in [0.2, 0.25) is 0 Å². The summed E-state index contributed by atoms with van der Waals surface area (Å²) in [5.41, 5.74) is 10.8. The van der Waals surface area contributed by atoms with Crippen LogP contribution in [0, 0.1) is 5.82 Å². The number of carbonyl (C=O) groups is 1. The lowest BCUT2D eigenvalue weighted by molar-refractivity contribution is 0.0958. The van der Waals surface area contributed by atoms with E-state index in [-0.39, 0.29) is 17.1 Å². The second kappa shape index (κ2) is 5.83. The number of anilines is 3. The summed E-state index contributed by atoms with van der Waals surface area (Å²) in [5.74, 6) is -0.609. The van der Waals surface area contributed by atoms with Gasteiger partial charge in [-0.1, -0.05) is 12.1 Å². The Morgan fingerprint density at radius 2 is 1.95 bits per heavy atom. The highest BCUT2D eigenvalue weighted by molar-refractivity contribution is 5.95. The molecule has 0 aliphatic heterocycles. The number of nitrogens with one attached hydrogen (secondary N) is 3. The number of hydrogen-bond donors (Lipinski definition) is 4. The fraction of sp³-hybridized carbons (Fsp3) is 0.0833. The largest absolute Gasteiger partial charge is 0.393 e. The van der Waals surface area contributed by atoms with Gasteiger partial charge in [0.1, 0.15) is 17.8 Å². The van der Waals surface area contributed by atoms with Crippen molar-refractivity contribution in [2.75, 3.05) is 23.5 Å². The number of hydrogen-bond acceptors (Lipinski definition) is 6. The van der Waals surface area contributed by atoms with E-state index in [0.717, 1.165) is 0 Å². The Bertz CT molecular complexity index is 633. The number of halogens is 1. The Hall–Kier alpha value is -2.90. The number of nitrogens with two attached hydrogens (primary N) is 1. The lowest BCUT2D eigenvalue weighted by Gasteiger charge is -2.11. The first-order valence-corrected chi connectivity index (χ1v) is 5.72. The summed E-state index contributed by atoms with van der Waals surface area (Å²) < 4.78 is 13.4. The summed E-state index contributed by atoms with van der Waals surface area (Å²) in [6, 6.07) is 5.64. The smallest absolute Gasteiger partial charge is 0.272 e. The highest BCUT2D eigenvalue weighted by Crippen LogP contribution is 2.20. The minimum atomic E-state index is -0.632. The third-order valence-electron chi connectivity index (χ3n) is 2.53. The molecule has 1 aromatic carbocycles. The maximum atomic E-state index is 13.4. The van der Waals surface area contributed by atoms with Crippen molar-refractivity contribution in [3.8, 4) is 0 Å². The zero-order chi connectivity index (χ0) is 14.5. The number of nitrogen functional groups attached to an aromatic ring is 1. The zero-order valence-corrected chi connectivity index (χ0v) is 10.6. The number of nitrogens with zero attached hydrogens (tertiary/aromatic N) is 2. The van der Waals surface area contributed by atoms with Crippen LogP contribution in [-0.2, 0) is 0 Å². The summed E-state index contributed by atoms with van der Waals surface area (Å²) >= 11 is 0. The van der Waals surface area contributed by atoms with E-state index in [9.17, 15) is 9.18 Å². The van der Waals surface area contributed by atoms with Gasteiger partial charge < -0.3 is 11.1 Å². The molecule has 0 radical (unpaired) electrons. The molecule has 20 heavy (non-hydrogen) atoms. The SMILES string of the molecule is CNc1ncnc(NNC(=O)c2ccccc2F)c1N. The molecule has 0 spiro atoms. The fourth-order valence-corrected chi connectivity index (χ4v) is 1.52. The Balaban J connectivity index is 2.10. The molecule has 0 unspecified atom stereocenters. The van der Waals surface area contributed by atoms with Gasteiger partial charge in [-0.25, -0.2) is 14.4 Å². The van der Waals surface area contributed by atoms with E-state index in [0.29, 0.717) is 5.82 Å². The van der Waals surface area contributed by atoms with Gasteiger partial charge in [0.2, 0.25) is 0 Å². The highest BCUT2D eigenvalue weighted by atomic mass is 19.1. The van der Waals surface area contributed by atoms with Gasteiger partial charge in [-0.15, -0.1) is 0 Å². The van der Waals surface area contributed by atoms with Crippen molar-refractivity contribution in [1.82, 2.24) is 15.4 Å². The van der Waals surface area contributed by atoms with Gasteiger partial charge >= 0.3 is 0 Å². The van der Waals surface area contributed by atoms with Gasteiger partial charge in [-0.3, -0.25) is 15.6 Å². The molecule has 2 rings (SSSR count). The van der Waals surface area contributed by atoms with Crippen LogP contribution in [0.25, 0.3) is 0 Å². The second-order valence-corrected chi connectivity index (χ2v) is 3.79. The van der Waals surface area contributed by atoms with E-state index in [1.54, 1.807) is 13.1 Å². The third-order valence-corrected chi connectivity index (χ3v) is 2.53. The summed E-state index contributed by atoms with van der Waals surface area (Å²) in [4.78, 5) is 19.6. The Kier molecular flexibility index (Phi) is 3.94. The standard InChI is InChI=1S/C12H13FN6O/c1-15-10-9(14)11(17-6-16-10)18-19-12(20)7-4-2-3-5-8(7)13/h2-6H,14H2,1H3,(H,19,20)(H2,15,16,17,18). The van der Waals surface area contributed by atoms with Crippen LogP contribution < -0.4 is 21.9 Å². The number of benzene rings is 1. The minimum Gasteiger partial charge on any atom is -0.393 e. The maximum Gasteiger partial charge on any atom is 0.272 e. The summed E-state index contributed by atoms with van der Waals surface area (Å²) in [7, 11) is 1.65. The quantitative estimate of drug-likeness (QED) is 0.621. The Morgan fingerprint density at radius 1 is 1.25 bits per heavy atom. The molecule has 0 saturated carbocycles. The van der Waals surface area contributed by atoms with Gasteiger partial charge in [-0.2, -0.15) is 0 Å². The topological polar surface area (TPSA) is 105 Å². The average molecular weight is 276 g/mol. The molecular formula is C12H13FN6O. The van der Waals surface area contributed by atoms with Gasteiger partial charge in [0.15, 0.2) is 11.6 Å². The van der Waals surface area contributed by atoms with Crippen molar-refractivity contribution in [3.05, 3.63) is 42.0 Å². The predicted molar refractivity (Wildman–Crippen MR) is 73.5 cm³/mol. The number of hydrazine groups is 1. The van der Waals surface area contributed by atoms with Crippen LogP contribution in [0.1, 0.15) is 10.4 Å². The molecule has 0 bridgehead atoms. The van der Waals surface area contributed by atoms with Crippen LogP contribution in [0.15, 0.2) is 30.6 Å². The van der Waals surface area contributed by atoms with Crippen molar-refractivity contribution < 1.29 is 9.18 Å². The number of aromatic nitrogens is 2. The van der Waals surface area contributed by atoms with E-state index in [1.165, 1.54) is 24.5 Å². The lowest BCUT2D eigenvalue weighted by Crippen LogP contribution is -2.31. The van der Waals surface area contributed by atoms with Crippen molar-refractivity contribution in [2.45, 2.75) is 0 Å². The molecule has 7 nitrogen and oxygen atoms in total. The van der Waals surface area contributed by atoms with Gasteiger partial charge in [-0.05, 0) is 12.1 Å². The molecule has 0 aliphatic carbocycles. The van der Waals surface area contributed by atoms with E-state index in [2.05, 4.69) is 26.1 Å². The van der Waals surface area contributed by atoms with E-state index in [1.807, 2.05) is 0 Å². The Labute approximate surface area is 114 Å². The first-order chi connectivity index (χ1) is 9.63. The third kappa shape index (κ3) is 2.74. The number of rotatable bonds is 4. The maximum absolute atomic E-state index is 13.4. The normalized spacial score (nSPS) is 9.90. The van der Waals surface area contributed by atoms with Crippen molar-refractivity contribution in [2.24, 2.45) is 0 Å². The summed E-state index contributed by atoms with van der Waals surface area (Å²) in [5, 5.41) is 2.78. The van der Waals surface area contributed by atoms with Crippen LogP contribution in [0.3, 0.4) is 0 Å². The van der Waals surface area contributed by atoms with E-state index < -0.39 is 11.7 Å². The van der Waals surface area contributed by atoms with Gasteiger partial charge in [0.05, 0.1) is 5.56 Å². The van der Waals surface area contributed by atoms with Crippen LogP contribution >= 0.6 is 0 Å². The molecule has 104 valence electrons. The van der Waals surface area contributed by atoms with Crippen molar-refractivity contribution in [3.63, 3.8) is 0 Å². The number of amides is 1. The van der Waals surface area contributed by atoms with Crippen molar-refractivity contribution >= 4 is 23.2 Å². The Morgan fingerprint density at radius 3 is 2.65 bits per heavy atom. The molecule has 0 aliphatic rings. The molecule has 2 aromatic rings. The predicted octanol–water partition coefficient (Wildman–Crippen LogP) is 0.996. The first-order valence-electron chi connectivity index (χ1n) is 5.72. The summed E-state index contributed by atoms with van der Waals surface area (Å²) in [6.45, 7) is 0. The lowest BCUT2D eigenvalue weighted by atomic mass is 10.2. The van der Waals surface area contributed by atoms with Crippen LogP contribution in [0.5, 0.6) is 0 Å². The molecule has 1 heterocycles. The van der Waals surface area contributed by atoms with Gasteiger partial charge in [0, 0.05) is 7.05 Å². The molecule has 0 fully saturated rings. The molecule has 1 aromatic heterocycles. The summed E-state index contributed by atoms with van der Waals surface area (Å²) in [6.07, 6.45) is 1.28. The molecule has 0 atom stereocenters. The van der Waals surface area contributed by atoms with Crippen LogP contribution in [0.4, 0.5) is 21.7 Å².